The Morgan fingerprint density at radius 2 is 1.43 bits per heavy atom. The van der Waals surface area contributed by atoms with E-state index in [0.717, 1.165) is 41.9 Å². The van der Waals surface area contributed by atoms with Gasteiger partial charge in [0, 0.05) is 18.0 Å². The first-order valence-corrected chi connectivity index (χ1v) is 20.7. The zero-order chi connectivity index (χ0) is 37.1. The van der Waals surface area contributed by atoms with Crippen LogP contribution >= 0.6 is 0 Å². The summed E-state index contributed by atoms with van der Waals surface area (Å²) in [6.07, 6.45) is 25.0. The predicted octanol–water partition coefficient (Wildman–Crippen LogP) is 15.6. The topological polar surface area (TPSA) is 36.1 Å². The lowest BCUT2D eigenvalue weighted by Gasteiger charge is -2.58. The molecule has 0 aromatic heterocycles. The summed E-state index contributed by atoms with van der Waals surface area (Å²) in [5, 5.41) is 8.41. The van der Waals surface area contributed by atoms with Crippen LogP contribution in [-0.2, 0) is 0 Å². The molecule has 4 aliphatic carbocycles. The van der Waals surface area contributed by atoms with Crippen molar-refractivity contribution in [2.45, 2.75) is 194 Å². The molecule has 4 saturated carbocycles. The van der Waals surface area contributed by atoms with Crippen molar-refractivity contribution in [3.8, 4) is 6.07 Å². The number of hydrogen-bond donors (Lipinski definition) is 0. The molecule has 0 N–H and O–H groups in total. The van der Waals surface area contributed by atoms with Crippen LogP contribution in [0.4, 0.5) is 0 Å². The molecule has 0 amide bonds. The van der Waals surface area contributed by atoms with Gasteiger partial charge in [-0.3, -0.25) is 4.99 Å². The number of hydrogen-bond acceptors (Lipinski definition) is 2. The number of nitriles is 1. The van der Waals surface area contributed by atoms with E-state index >= 15 is 0 Å². The smallest absolute Gasteiger partial charge is 0.0963 e. The minimum Gasteiger partial charge on any atom is -0.264 e. The number of aliphatic imine (C=N–C) groups is 1. The molecule has 0 aromatic rings. The molecule has 0 heterocycles. The Kier molecular flexibility index (Phi) is 31.0. The first-order chi connectivity index (χ1) is 22.8. The Balaban J connectivity index is -0.000000816. The Hall–Kier alpha value is -1.62. The molecule has 0 aromatic carbocycles. The molecule has 47 heavy (non-hydrogen) atoms. The van der Waals surface area contributed by atoms with E-state index in [4.69, 9.17) is 5.26 Å². The van der Waals surface area contributed by atoms with Gasteiger partial charge >= 0.3 is 0 Å². The molecule has 8 atom stereocenters. The lowest BCUT2D eigenvalue weighted by atomic mass is 9.47. The van der Waals surface area contributed by atoms with Crippen LogP contribution in [0.15, 0.2) is 41.6 Å². The van der Waals surface area contributed by atoms with Gasteiger partial charge in [-0.05, 0) is 124 Å². The molecule has 0 spiro atoms. The summed E-state index contributed by atoms with van der Waals surface area (Å²) in [7, 11) is 0. The van der Waals surface area contributed by atoms with Crippen LogP contribution in [0.25, 0.3) is 0 Å². The van der Waals surface area contributed by atoms with Crippen molar-refractivity contribution >= 4 is 6.21 Å². The second-order valence-corrected chi connectivity index (χ2v) is 13.3. The Bertz CT molecular complexity index is 875. The van der Waals surface area contributed by atoms with Crippen molar-refractivity contribution in [1.82, 2.24) is 0 Å². The minimum absolute atomic E-state index is 0.586. The van der Waals surface area contributed by atoms with Crippen LogP contribution in [0, 0.1) is 57.7 Å². The van der Waals surface area contributed by atoms with E-state index in [1.807, 2.05) is 82.2 Å². The van der Waals surface area contributed by atoms with E-state index in [1.165, 1.54) is 56.9 Å². The van der Waals surface area contributed by atoms with Crippen LogP contribution in [0.1, 0.15) is 194 Å². The highest BCUT2D eigenvalue weighted by Gasteiger charge is 2.57. The molecule has 0 saturated heterocycles. The highest BCUT2D eigenvalue weighted by atomic mass is 14.7. The lowest BCUT2D eigenvalue weighted by molar-refractivity contribution is -0.0791. The molecule has 2 nitrogen and oxygen atoms in total. The number of allylic oxidation sites excluding steroid dienone is 3. The van der Waals surface area contributed by atoms with Gasteiger partial charge < -0.3 is 0 Å². The zero-order valence-corrected chi connectivity index (χ0v) is 34.9. The van der Waals surface area contributed by atoms with Crippen LogP contribution in [0.5, 0.6) is 0 Å². The molecule has 4 rings (SSSR count). The summed E-state index contributed by atoms with van der Waals surface area (Å²) < 4.78 is 0. The fraction of sp³-hybridized carbons (Fsp3) is 0.822. The SMILES string of the molecule is C=C(C)C1CCC2C3CCC4C[C@@](CC)(CCCC)CCC4C3CCC12C.C=CC=N/C=C(/C#N)CC.CC.CC.CC.CC.CC. The lowest BCUT2D eigenvalue weighted by Crippen LogP contribution is -2.49. The van der Waals surface area contributed by atoms with Crippen LogP contribution in [-0.4, -0.2) is 6.21 Å². The molecule has 7 unspecified atom stereocenters. The van der Waals surface area contributed by atoms with Crippen molar-refractivity contribution in [3.63, 3.8) is 0 Å². The van der Waals surface area contributed by atoms with Gasteiger partial charge in [0.2, 0.25) is 0 Å². The molecule has 0 radical (unpaired) electrons. The fourth-order valence-corrected chi connectivity index (χ4v) is 9.55. The van der Waals surface area contributed by atoms with E-state index < -0.39 is 0 Å². The molecule has 2 heteroatoms. The van der Waals surface area contributed by atoms with Crippen molar-refractivity contribution < 1.29 is 0 Å². The maximum atomic E-state index is 8.41. The highest BCUT2D eigenvalue weighted by Crippen LogP contribution is 2.66. The zero-order valence-electron chi connectivity index (χ0n) is 34.9. The summed E-state index contributed by atoms with van der Waals surface area (Å²) in [6.45, 7) is 39.6. The Morgan fingerprint density at radius 3 is 1.91 bits per heavy atom. The van der Waals surface area contributed by atoms with Gasteiger partial charge in [0.05, 0.1) is 6.07 Å². The normalized spacial score (nSPS) is 31.3. The van der Waals surface area contributed by atoms with E-state index in [0.29, 0.717) is 16.4 Å². The third-order valence-corrected chi connectivity index (χ3v) is 11.6. The first kappa shape index (κ1) is 49.8. The average molecular weight is 655 g/mol. The molecule has 276 valence electrons. The van der Waals surface area contributed by atoms with Crippen molar-refractivity contribution in [3.05, 3.63) is 36.6 Å². The number of fused-ring (bicyclic) bond motifs is 5. The maximum Gasteiger partial charge on any atom is 0.0963 e. The van der Waals surface area contributed by atoms with Crippen molar-refractivity contribution in [2.75, 3.05) is 0 Å². The second-order valence-electron chi connectivity index (χ2n) is 13.3. The van der Waals surface area contributed by atoms with Crippen molar-refractivity contribution in [1.29, 1.82) is 5.26 Å². The molecular weight excluding hydrogens is 569 g/mol. The van der Waals surface area contributed by atoms with Gasteiger partial charge in [-0.1, -0.05) is 141 Å². The largest absolute Gasteiger partial charge is 0.264 e. The highest BCUT2D eigenvalue weighted by molar-refractivity contribution is 5.70. The second kappa shape index (κ2) is 29.3. The number of nitrogens with zero attached hydrogens (tertiary/aromatic N) is 2. The predicted molar refractivity (Wildman–Crippen MR) is 217 cm³/mol. The summed E-state index contributed by atoms with van der Waals surface area (Å²) >= 11 is 0. The first-order valence-electron chi connectivity index (χ1n) is 20.7. The van der Waals surface area contributed by atoms with E-state index in [1.54, 1.807) is 50.6 Å². The molecule has 0 aliphatic heterocycles. The van der Waals surface area contributed by atoms with Gasteiger partial charge in [-0.25, -0.2) is 0 Å². The van der Waals surface area contributed by atoms with Crippen LogP contribution in [0.2, 0.25) is 0 Å². The quantitative estimate of drug-likeness (QED) is 0.146. The third kappa shape index (κ3) is 14.4. The van der Waals surface area contributed by atoms with Crippen molar-refractivity contribution in [2.24, 2.45) is 51.3 Å². The third-order valence-electron chi connectivity index (χ3n) is 11.6. The molecule has 0 bridgehead atoms. The Morgan fingerprint density at radius 1 is 0.830 bits per heavy atom. The van der Waals surface area contributed by atoms with E-state index in [2.05, 4.69) is 45.8 Å². The van der Waals surface area contributed by atoms with Gasteiger partial charge in [-0.2, -0.15) is 5.26 Å². The minimum atomic E-state index is 0.586. The standard InChI is InChI=1S/C27H46.C8H10N2.5C2H6/c1-6-8-15-27(7-2)17-14-21-20(18-27)9-10-23-22(21)13-16-26(5)24(19(3)4)11-12-25(23)26;1-3-5-10-7-8(4-2)6-9;5*1-2/h20-25H,3,6-18H2,1-2,4-5H3;3,5,7H,1,4H2,2H3;5*1-2H3/b;8-7+,10-5?;;;;;/t20?,21?,22?,23?,24?,25?,26?,27-;;;;;;/m0....../s1. The van der Waals surface area contributed by atoms with Gasteiger partial charge in [-0.15, -0.1) is 0 Å². The molecular formula is C45H86N2. The van der Waals surface area contributed by atoms with Gasteiger partial charge in [0.1, 0.15) is 0 Å². The van der Waals surface area contributed by atoms with Gasteiger partial charge in [0.25, 0.3) is 0 Å². The summed E-state index contributed by atoms with van der Waals surface area (Å²) in [5.41, 5.74) is 3.46. The monoisotopic (exact) mass is 655 g/mol. The van der Waals surface area contributed by atoms with Crippen LogP contribution in [0.3, 0.4) is 0 Å². The van der Waals surface area contributed by atoms with E-state index in [9.17, 15) is 0 Å². The summed E-state index contributed by atoms with van der Waals surface area (Å²) in [4.78, 5) is 3.80. The summed E-state index contributed by atoms with van der Waals surface area (Å²) in [5.74, 6) is 6.11. The van der Waals surface area contributed by atoms with Crippen LogP contribution < -0.4 is 0 Å². The molecule has 4 aliphatic rings. The maximum absolute atomic E-state index is 8.41. The number of unbranched alkanes of at least 4 members (excludes halogenated alkanes) is 1. The average Bonchev–Trinajstić information content (AvgIpc) is 3.51. The summed E-state index contributed by atoms with van der Waals surface area (Å²) in [6, 6.07) is 2.02. The number of rotatable bonds is 8. The van der Waals surface area contributed by atoms with Gasteiger partial charge in [0.15, 0.2) is 0 Å². The molecule has 4 fully saturated rings. The Labute approximate surface area is 298 Å². The van der Waals surface area contributed by atoms with E-state index in [-0.39, 0.29) is 0 Å². The fourth-order valence-electron chi connectivity index (χ4n) is 9.55.